The molecule has 7 nitrogen and oxygen atoms in total. The largest absolute Gasteiger partial charge is 0.373 e. The fourth-order valence-corrected chi connectivity index (χ4v) is 10.6. The smallest absolute Gasteiger partial charge is 0.253 e. The zero-order valence-electron chi connectivity index (χ0n) is 24.8. The van der Waals surface area contributed by atoms with Gasteiger partial charge in [-0.25, -0.2) is 4.98 Å². The third-order valence-electron chi connectivity index (χ3n) is 7.68. The lowest BCUT2D eigenvalue weighted by atomic mass is 10.2. The molecule has 3 rings (SSSR count). The molecule has 204 valence electrons. The van der Waals surface area contributed by atoms with E-state index in [0.29, 0.717) is 33.8 Å². The predicted molar refractivity (Wildman–Crippen MR) is 164 cm³/mol. The van der Waals surface area contributed by atoms with Gasteiger partial charge in [0.05, 0.1) is 5.39 Å². The second-order valence-electron chi connectivity index (χ2n) is 11.4. The fraction of sp³-hybridized carbons (Fsp3) is 0.500. The summed E-state index contributed by atoms with van der Waals surface area (Å²) in [6, 6.07) is 9.80. The first kappa shape index (κ1) is 29.4. The lowest BCUT2D eigenvalue weighted by Crippen LogP contribution is -2.43. The number of rotatable bonds is 9. The minimum Gasteiger partial charge on any atom is -0.373 e. The van der Waals surface area contributed by atoms with Gasteiger partial charge in [0, 0.05) is 56.4 Å². The van der Waals surface area contributed by atoms with Crippen LogP contribution >= 0.6 is 0 Å². The lowest BCUT2D eigenvalue weighted by Gasteiger charge is -2.38. The summed E-state index contributed by atoms with van der Waals surface area (Å²) in [5.74, 6) is 3.88. The number of fused-ring (bicyclic) bond motifs is 1. The maximum absolute atomic E-state index is 12.9. The third kappa shape index (κ3) is 6.28. The van der Waals surface area contributed by atoms with E-state index in [4.69, 9.17) is 4.98 Å². The van der Waals surface area contributed by atoms with Gasteiger partial charge in [0.1, 0.15) is 13.7 Å². The van der Waals surface area contributed by atoms with Crippen LogP contribution in [0.15, 0.2) is 41.3 Å². The molecule has 0 atom stereocenters. The topological polar surface area (TPSA) is 66.3 Å². The van der Waals surface area contributed by atoms with Gasteiger partial charge < -0.3 is 15.1 Å². The number of aryl methyl sites for hydroxylation is 1. The van der Waals surface area contributed by atoms with E-state index in [-0.39, 0.29) is 5.56 Å². The van der Waals surface area contributed by atoms with Crippen molar-refractivity contribution in [1.82, 2.24) is 19.4 Å². The Balaban J connectivity index is 2.00. The van der Waals surface area contributed by atoms with Crippen LogP contribution < -0.4 is 15.8 Å². The highest BCUT2D eigenvalue weighted by atomic mass is 28.3. The molecule has 2 heterocycles. The summed E-state index contributed by atoms with van der Waals surface area (Å²) in [4.78, 5) is 26.6. The van der Waals surface area contributed by atoms with Crippen LogP contribution in [0.2, 0.25) is 16.6 Å². The van der Waals surface area contributed by atoms with E-state index in [1.54, 1.807) is 23.9 Å². The van der Waals surface area contributed by atoms with Crippen LogP contribution in [0.4, 0.5) is 17.3 Å². The number of aromatic nitrogens is 3. The average molecular weight is 533 g/mol. The standard InChI is InChI=1S/C30H44N6OSi/c1-21(2)38(22(3)4,23(5)6)17-14-24-18-28(37)36(10)29-27(24)20-31-30(33-29)32-25-12-11-13-26(19-25)35(9)16-15-34(7)8/h11-13,18-23H,15-16H2,1-10H3,(H,31,32,33). The summed E-state index contributed by atoms with van der Waals surface area (Å²) in [7, 11) is 6.03. The van der Waals surface area contributed by atoms with Gasteiger partial charge in [-0.15, -0.1) is 5.54 Å². The zero-order chi connectivity index (χ0) is 28.2. The fourth-order valence-electron chi connectivity index (χ4n) is 5.42. The van der Waals surface area contributed by atoms with Crippen molar-refractivity contribution in [3.63, 3.8) is 0 Å². The number of hydrogen-bond donors (Lipinski definition) is 1. The van der Waals surface area contributed by atoms with Gasteiger partial charge in [0.25, 0.3) is 5.56 Å². The highest BCUT2D eigenvalue weighted by Crippen LogP contribution is 2.40. The number of nitrogens with one attached hydrogen (secondary N) is 1. The molecule has 0 fully saturated rings. The zero-order valence-corrected chi connectivity index (χ0v) is 25.8. The molecule has 1 N–H and O–H groups in total. The van der Waals surface area contributed by atoms with Crippen LogP contribution in [-0.2, 0) is 7.05 Å². The molecular weight excluding hydrogens is 488 g/mol. The van der Waals surface area contributed by atoms with Crippen LogP contribution in [0.5, 0.6) is 0 Å². The van der Waals surface area contributed by atoms with Crippen LogP contribution in [0.25, 0.3) is 11.0 Å². The first-order chi connectivity index (χ1) is 17.9. The number of nitrogens with zero attached hydrogens (tertiary/aromatic N) is 5. The van der Waals surface area contributed by atoms with Crippen molar-refractivity contribution in [2.45, 2.75) is 58.2 Å². The Morgan fingerprint density at radius 2 is 1.66 bits per heavy atom. The van der Waals surface area contributed by atoms with Crippen molar-refractivity contribution in [3.8, 4) is 11.5 Å². The summed E-state index contributed by atoms with van der Waals surface area (Å²) in [5.41, 5.74) is 8.43. The molecular formula is C30H44N6OSi. The molecule has 2 aromatic heterocycles. The Morgan fingerprint density at radius 3 is 2.26 bits per heavy atom. The molecule has 0 saturated heterocycles. The van der Waals surface area contributed by atoms with Gasteiger partial charge in [-0.2, -0.15) is 4.98 Å². The van der Waals surface area contributed by atoms with E-state index < -0.39 is 8.07 Å². The van der Waals surface area contributed by atoms with E-state index in [1.807, 2.05) is 12.1 Å². The maximum Gasteiger partial charge on any atom is 0.253 e. The minimum atomic E-state index is -1.95. The Labute approximate surface area is 229 Å². The van der Waals surface area contributed by atoms with Crippen molar-refractivity contribution in [1.29, 1.82) is 0 Å². The van der Waals surface area contributed by atoms with Gasteiger partial charge >= 0.3 is 0 Å². The lowest BCUT2D eigenvalue weighted by molar-refractivity contribution is 0.416. The van der Waals surface area contributed by atoms with Crippen molar-refractivity contribution in [2.24, 2.45) is 7.05 Å². The summed E-state index contributed by atoms with van der Waals surface area (Å²) < 4.78 is 1.57. The molecule has 8 heteroatoms. The van der Waals surface area contributed by atoms with Gasteiger partial charge in [-0.05, 0) is 48.9 Å². The molecule has 0 aliphatic carbocycles. The van der Waals surface area contributed by atoms with Gasteiger partial charge in [-0.3, -0.25) is 9.36 Å². The Morgan fingerprint density at radius 1 is 1.00 bits per heavy atom. The van der Waals surface area contributed by atoms with Crippen LogP contribution in [0, 0.1) is 11.5 Å². The summed E-state index contributed by atoms with van der Waals surface area (Å²) in [5, 5.41) is 4.11. The highest BCUT2D eigenvalue weighted by molar-refractivity contribution is 6.90. The molecule has 0 spiro atoms. The monoisotopic (exact) mass is 532 g/mol. The van der Waals surface area contributed by atoms with E-state index in [2.05, 4.69) is 106 Å². The van der Waals surface area contributed by atoms with Crippen molar-refractivity contribution in [3.05, 3.63) is 52.4 Å². The van der Waals surface area contributed by atoms with Crippen molar-refractivity contribution < 1.29 is 0 Å². The van der Waals surface area contributed by atoms with E-state index in [1.165, 1.54) is 0 Å². The Kier molecular flexibility index (Phi) is 9.39. The second kappa shape index (κ2) is 12.1. The van der Waals surface area contributed by atoms with Crippen LogP contribution in [0.1, 0.15) is 47.1 Å². The van der Waals surface area contributed by atoms with Gasteiger partial charge in [0.15, 0.2) is 0 Å². The molecule has 0 bridgehead atoms. The number of hydrogen-bond acceptors (Lipinski definition) is 6. The first-order valence-electron chi connectivity index (χ1n) is 13.5. The molecule has 0 saturated carbocycles. The van der Waals surface area contributed by atoms with E-state index >= 15 is 0 Å². The normalized spacial score (nSPS) is 11.9. The summed E-state index contributed by atoms with van der Waals surface area (Å²) in [6.07, 6.45) is 1.78. The predicted octanol–water partition coefficient (Wildman–Crippen LogP) is 5.64. The molecule has 0 amide bonds. The number of pyridine rings is 1. The molecule has 0 aliphatic heterocycles. The molecule has 0 aliphatic rings. The highest BCUT2D eigenvalue weighted by Gasteiger charge is 2.41. The van der Waals surface area contributed by atoms with Gasteiger partial charge in [0.2, 0.25) is 5.95 Å². The summed E-state index contributed by atoms with van der Waals surface area (Å²) >= 11 is 0. The number of anilines is 3. The second-order valence-corrected chi connectivity index (χ2v) is 17.0. The SMILES string of the molecule is CC(C)[Si](C#Cc1cc(=O)n(C)c2nc(Nc3cccc(N(C)CCN(C)C)c3)ncc12)(C(C)C)C(C)C. The van der Waals surface area contributed by atoms with Gasteiger partial charge in [-0.1, -0.05) is 53.5 Å². The molecule has 3 aromatic rings. The number of likely N-dealkylation sites (N-methyl/N-ethyl adjacent to an activating group) is 2. The first-order valence-corrected chi connectivity index (χ1v) is 15.7. The van der Waals surface area contributed by atoms with Crippen LogP contribution in [-0.4, -0.2) is 61.7 Å². The third-order valence-corrected chi connectivity index (χ3v) is 14.0. The number of benzene rings is 1. The van der Waals surface area contributed by atoms with Crippen molar-refractivity contribution >= 4 is 36.4 Å². The van der Waals surface area contributed by atoms with Crippen LogP contribution in [0.3, 0.4) is 0 Å². The quantitative estimate of drug-likeness (QED) is 0.284. The maximum atomic E-state index is 12.9. The molecule has 0 unspecified atom stereocenters. The Hall–Kier alpha value is -3.15. The minimum absolute atomic E-state index is 0.123. The molecule has 0 radical (unpaired) electrons. The summed E-state index contributed by atoms with van der Waals surface area (Å²) in [6.45, 7) is 15.6. The van der Waals surface area contributed by atoms with E-state index in [9.17, 15) is 4.79 Å². The average Bonchev–Trinajstić information content (AvgIpc) is 2.85. The van der Waals surface area contributed by atoms with Crippen molar-refractivity contribution in [2.75, 3.05) is 44.4 Å². The molecule has 38 heavy (non-hydrogen) atoms. The Bertz CT molecular complexity index is 1360. The van der Waals surface area contributed by atoms with E-state index in [0.717, 1.165) is 29.9 Å². The molecule has 1 aromatic carbocycles.